The Morgan fingerprint density at radius 3 is 2.44 bits per heavy atom. The van der Waals surface area contributed by atoms with E-state index in [-0.39, 0.29) is 6.04 Å². The SMILES string of the molecule is Cc1ccc(C(C)NCc2ccc(C)c(C)c2)o1. The lowest BCUT2D eigenvalue weighted by Gasteiger charge is -2.12. The molecule has 0 saturated carbocycles. The molecule has 2 rings (SSSR count). The van der Waals surface area contributed by atoms with Crippen molar-refractivity contribution in [3.8, 4) is 0 Å². The molecule has 0 bridgehead atoms. The molecular weight excluding hydrogens is 222 g/mol. The number of benzene rings is 1. The van der Waals surface area contributed by atoms with Crippen molar-refractivity contribution in [1.82, 2.24) is 5.32 Å². The predicted molar refractivity (Wildman–Crippen MR) is 74.6 cm³/mol. The molecule has 0 spiro atoms. The molecule has 0 aliphatic rings. The van der Waals surface area contributed by atoms with E-state index in [1.807, 2.05) is 19.1 Å². The zero-order chi connectivity index (χ0) is 13.1. The number of furan rings is 1. The van der Waals surface area contributed by atoms with Gasteiger partial charge in [-0.3, -0.25) is 0 Å². The van der Waals surface area contributed by atoms with Crippen molar-refractivity contribution in [3.05, 3.63) is 58.5 Å². The van der Waals surface area contributed by atoms with Gasteiger partial charge in [0.1, 0.15) is 11.5 Å². The smallest absolute Gasteiger partial charge is 0.120 e. The standard InChI is InChI=1S/C16H21NO/c1-11-5-7-15(9-12(11)2)10-17-14(4)16-8-6-13(3)18-16/h5-9,14,17H,10H2,1-4H3. The second kappa shape index (κ2) is 5.40. The third-order valence-electron chi connectivity index (χ3n) is 3.37. The second-order valence-electron chi connectivity index (χ2n) is 4.97. The van der Waals surface area contributed by atoms with Gasteiger partial charge in [-0.1, -0.05) is 18.2 Å². The van der Waals surface area contributed by atoms with Gasteiger partial charge in [-0.2, -0.15) is 0 Å². The summed E-state index contributed by atoms with van der Waals surface area (Å²) in [7, 11) is 0. The van der Waals surface area contributed by atoms with Crippen LogP contribution < -0.4 is 5.32 Å². The van der Waals surface area contributed by atoms with Crippen LogP contribution in [0.4, 0.5) is 0 Å². The number of rotatable bonds is 4. The predicted octanol–water partition coefficient (Wildman–Crippen LogP) is 4.06. The molecule has 1 unspecified atom stereocenters. The summed E-state index contributed by atoms with van der Waals surface area (Å²) in [4.78, 5) is 0. The fourth-order valence-electron chi connectivity index (χ4n) is 1.97. The van der Waals surface area contributed by atoms with E-state index in [1.165, 1.54) is 16.7 Å². The van der Waals surface area contributed by atoms with Gasteiger partial charge in [-0.05, 0) is 56.5 Å². The van der Waals surface area contributed by atoms with Crippen LogP contribution in [0, 0.1) is 20.8 Å². The lowest BCUT2D eigenvalue weighted by molar-refractivity contribution is 0.416. The Labute approximate surface area is 109 Å². The average Bonchev–Trinajstić information content (AvgIpc) is 2.77. The van der Waals surface area contributed by atoms with Gasteiger partial charge in [0.05, 0.1) is 6.04 Å². The molecule has 0 aliphatic carbocycles. The second-order valence-corrected chi connectivity index (χ2v) is 4.97. The molecule has 2 nitrogen and oxygen atoms in total. The van der Waals surface area contributed by atoms with Crippen LogP contribution in [0.25, 0.3) is 0 Å². The van der Waals surface area contributed by atoms with Crippen molar-refractivity contribution in [2.45, 2.75) is 40.3 Å². The van der Waals surface area contributed by atoms with Gasteiger partial charge in [-0.25, -0.2) is 0 Å². The van der Waals surface area contributed by atoms with Crippen LogP contribution in [0.5, 0.6) is 0 Å². The molecule has 1 heterocycles. The normalized spacial score (nSPS) is 12.7. The van der Waals surface area contributed by atoms with Gasteiger partial charge in [0.15, 0.2) is 0 Å². The quantitative estimate of drug-likeness (QED) is 0.876. The molecule has 18 heavy (non-hydrogen) atoms. The highest BCUT2D eigenvalue weighted by molar-refractivity contribution is 5.29. The van der Waals surface area contributed by atoms with E-state index >= 15 is 0 Å². The molecule has 1 aromatic heterocycles. The highest BCUT2D eigenvalue weighted by Crippen LogP contribution is 2.16. The fourth-order valence-corrected chi connectivity index (χ4v) is 1.97. The summed E-state index contributed by atoms with van der Waals surface area (Å²) in [5.74, 6) is 1.96. The van der Waals surface area contributed by atoms with Gasteiger partial charge in [-0.15, -0.1) is 0 Å². The maximum Gasteiger partial charge on any atom is 0.120 e. The van der Waals surface area contributed by atoms with Crippen molar-refractivity contribution in [1.29, 1.82) is 0 Å². The summed E-state index contributed by atoms with van der Waals surface area (Å²) in [5.41, 5.74) is 4.00. The molecule has 96 valence electrons. The first-order chi connectivity index (χ1) is 8.56. The Hall–Kier alpha value is -1.54. The lowest BCUT2D eigenvalue weighted by atomic mass is 10.1. The van der Waals surface area contributed by atoms with Crippen LogP contribution in [-0.4, -0.2) is 0 Å². The van der Waals surface area contributed by atoms with E-state index in [0.29, 0.717) is 0 Å². The molecule has 0 saturated heterocycles. The van der Waals surface area contributed by atoms with Crippen LogP contribution in [-0.2, 0) is 6.54 Å². The van der Waals surface area contributed by atoms with E-state index in [2.05, 4.69) is 44.3 Å². The van der Waals surface area contributed by atoms with Crippen molar-refractivity contribution >= 4 is 0 Å². The average molecular weight is 243 g/mol. The Balaban J connectivity index is 1.97. The Morgan fingerprint density at radius 1 is 1.06 bits per heavy atom. The van der Waals surface area contributed by atoms with Crippen molar-refractivity contribution < 1.29 is 4.42 Å². The molecule has 1 aromatic carbocycles. The topological polar surface area (TPSA) is 25.2 Å². The first kappa shape index (κ1) is 12.9. The summed E-state index contributed by atoms with van der Waals surface area (Å²) in [6.45, 7) is 9.25. The number of aryl methyl sites for hydroxylation is 3. The molecule has 0 aliphatic heterocycles. The highest BCUT2D eigenvalue weighted by Gasteiger charge is 2.08. The Bertz CT molecular complexity index is 528. The minimum Gasteiger partial charge on any atom is -0.465 e. The third kappa shape index (κ3) is 3.02. The van der Waals surface area contributed by atoms with E-state index in [0.717, 1.165) is 18.1 Å². The minimum atomic E-state index is 0.236. The molecule has 2 heteroatoms. The molecule has 1 N–H and O–H groups in total. The molecule has 0 radical (unpaired) electrons. The van der Waals surface area contributed by atoms with Crippen molar-refractivity contribution in [2.24, 2.45) is 0 Å². The van der Waals surface area contributed by atoms with Crippen LogP contribution in [0.1, 0.15) is 41.2 Å². The van der Waals surface area contributed by atoms with Crippen LogP contribution in [0.15, 0.2) is 34.7 Å². The Morgan fingerprint density at radius 2 is 1.83 bits per heavy atom. The molecule has 0 fully saturated rings. The van der Waals surface area contributed by atoms with Crippen LogP contribution in [0.2, 0.25) is 0 Å². The van der Waals surface area contributed by atoms with Gasteiger partial charge in [0.25, 0.3) is 0 Å². The minimum absolute atomic E-state index is 0.236. The maximum atomic E-state index is 5.61. The zero-order valence-corrected chi connectivity index (χ0v) is 11.6. The van der Waals surface area contributed by atoms with E-state index < -0.39 is 0 Å². The van der Waals surface area contributed by atoms with Gasteiger partial charge < -0.3 is 9.73 Å². The fraction of sp³-hybridized carbons (Fsp3) is 0.375. The van der Waals surface area contributed by atoms with Gasteiger partial charge in [0, 0.05) is 6.54 Å². The summed E-state index contributed by atoms with van der Waals surface area (Å²) in [6.07, 6.45) is 0. The van der Waals surface area contributed by atoms with Crippen LogP contribution in [0.3, 0.4) is 0 Å². The van der Waals surface area contributed by atoms with Crippen molar-refractivity contribution in [3.63, 3.8) is 0 Å². The van der Waals surface area contributed by atoms with E-state index in [4.69, 9.17) is 4.42 Å². The van der Waals surface area contributed by atoms with Gasteiger partial charge >= 0.3 is 0 Å². The zero-order valence-electron chi connectivity index (χ0n) is 11.6. The first-order valence-corrected chi connectivity index (χ1v) is 6.42. The maximum absolute atomic E-state index is 5.61. The molecule has 1 atom stereocenters. The van der Waals surface area contributed by atoms with E-state index in [1.54, 1.807) is 0 Å². The first-order valence-electron chi connectivity index (χ1n) is 6.42. The summed E-state index contributed by atoms with van der Waals surface area (Å²) in [6, 6.07) is 10.9. The Kier molecular flexibility index (Phi) is 3.87. The largest absolute Gasteiger partial charge is 0.465 e. The van der Waals surface area contributed by atoms with Crippen molar-refractivity contribution in [2.75, 3.05) is 0 Å². The monoisotopic (exact) mass is 243 g/mol. The third-order valence-corrected chi connectivity index (χ3v) is 3.37. The van der Waals surface area contributed by atoms with Crippen LogP contribution >= 0.6 is 0 Å². The number of hydrogen-bond donors (Lipinski definition) is 1. The lowest BCUT2D eigenvalue weighted by Crippen LogP contribution is -2.17. The van der Waals surface area contributed by atoms with E-state index in [9.17, 15) is 0 Å². The summed E-state index contributed by atoms with van der Waals surface area (Å²) < 4.78 is 5.61. The molecule has 2 aromatic rings. The molecular formula is C16H21NO. The summed E-state index contributed by atoms with van der Waals surface area (Å²) >= 11 is 0. The highest BCUT2D eigenvalue weighted by atomic mass is 16.3. The van der Waals surface area contributed by atoms with Gasteiger partial charge in [0.2, 0.25) is 0 Å². The molecule has 0 amide bonds. The number of hydrogen-bond acceptors (Lipinski definition) is 2. The number of nitrogens with one attached hydrogen (secondary N) is 1. The summed E-state index contributed by atoms with van der Waals surface area (Å²) in [5, 5.41) is 3.48.